The van der Waals surface area contributed by atoms with E-state index >= 15 is 0 Å². The van der Waals surface area contributed by atoms with Gasteiger partial charge in [-0.1, -0.05) is 24.1 Å². The molecule has 118 valence electrons. The van der Waals surface area contributed by atoms with Gasteiger partial charge in [-0.2, -0.15) is 0 Å². The maximum absolute atomic E-state index is 5.65. The molecule has 0 aromatic heterocycles. The fraction of sp³-hybridized carbons (Fsp3) is 0.211. The van der Waals surface area contributed by atoms with Crippen molar-refractivity contribution in [3.63, 3.8) is 0 Å². The van der Waals surface area contributed by atoms with Gasteiger partial charge in [0.1, 0.15) is 6.61 Å². The van der Waals surface area contributed by atoms with E-state index in [1.807, 2.05) is 50.2 Å². The Balaban J connectivity index is 2.33. The predicted molar refractivity (Wildman–Crippen MR) is 98.1 cm³/mol. The third-order valence-corrected chi connectivity index (χ3v) is 3.69. The second kappa shape index (κ2) is 8.40. The Hall–Kier alpha value is -2.25. The van der Waals surface area contributed by atoms with Gasteiger partial charge in [-0.15, -0.1) is 6.42 Å². The summed E-state index contributed by atoms with van der Waals surface area (Å²) in [4.78, 5) is 4.54. The van der Waals surface area contributed by atoms with E-state index in [0.29, 0.717) is 18.1 Å². The SMILES string of the molecule is C#CCOc1c(Br)cc(C=Nc2ccccc2C)cc1OCC. The highest BCUT2D eigenvalue weighted by atomic mass is 79.9. The molecule has 0 atom stereocenters. The number of aryl methyl sites for hydroxylation is 1. The van der Waals surface area contributed by atoms with Crippen LogP contribution in [-0.4, -0.2) is 19.4 Å². The molecule has 0 aliphatic heterocycles. The topological polar surface area (TPSA) is 30.8 Å². The van der Waals surface area contributed by atoms with Gasteiger partial charge in [0.05, 0.1) is 16.8 Å². The van der Waals surface area contributed by atoms with E-state index in [4.69, 9.17) is 15.9 Å². The largest absolute Gasteiger partial charge is 0.490 e. The third-order valence-electron chi connectivity index (χ3n) is 3.10. The molecule has 2 aromatic carbocycles. The summed E-state index contributed by atoms with van der Waals surface area (Å²) in [6, 6.07) is 11.8. The minimum Gasteiger partial charge on any atom is -0.490 e. The number of nitrogens with zero attached hydrogens (tertiary/aromatic N) is 1. The summed E-state index contributed by atoms with van der Waals surface area (Å²) in [5, 5.41) is 0. The molecule has 2 rings (SSSR count). The van der Waals surface area contributed by atoms with E-state index in [9.17, 15) is 0 Å². The van der Waals surface area contributed by atoms with E-state index in [-0.39, 0.29) is 6.61 Å². The Kier molecular flexibility index (Phi) is 6.25. The van der Waals surface area contributed by atoms with Crippen LogP contribution in [0.2, 0.25) is 0 Å². The van der Waals surface area contributed by atoms with Crippen molar-refractivity contribution < 1.29 is 9.47 Å². The van der Waals surface area contributed by atoms with Crippen LogP contribution < -0.4 is 9.47 Å². The van der Waals surface area contributed by atoms with Gasteiger partial charge in [-0.25, -0.2) is 0 Å². The third kappa shape index (κ3) is 4.61. The Morgan fingerprint density at radius 2 is 2.04 bits per heavy atom. The minimum atomic E-state index is 0.190. The molecule has 4 heteroatoms. The zero-order chi connectivity index (χ0) is 16.7. The van der Waals surface area contributed by atoms with Gasteiger partial charge in [-0.3, -0.25) is 4.99 Å². The summed E-state index contributed by atoms with van der Waals surface area (Å²) in [6.45, 7) is 4.69. The van der Waals surface area contributed by atoms with Crippen LogP contribution >= 0.6 is 15.9 Å². The molecule has 2 aromatic rings. The molecule has 0 spiro atoms. The lowest BCUT2D eigenvalue weighted by molar-refractivity contribution is 0.298. The van der Waals surface area contributed by atoms with Crippen LogP contribution in [0.1, 0.15) is 18.1 Å². The number of benzene rings is 2. The molecule has 0 radical (unpaired) electrons. The van der Waals surface area contributed by atoms with Crippen molar-refractivity contribution in [1.29, 1.82) is 0 Å². The van der Waals surface area contributed by atoms with Gasteiger partial charge in [0, 0.05) is 6.21 Å². The average Bonchev–Trinajstić information content (AvgIpc) is 2.54. The summed E-state index contributed by atoms with van der Waals surface area (Å²) in [5.41, 5.74) is 2.98. The monoisotopic (exact) mass is 371 g/mol. The van der Waals surface area contributed by atoms with Gasteiger partial charge < -0.3 is 9.47 Å². The minimum absolute atomic E-state index is 0.190. The molecule has 0 aliphatic rings. The number of hydrogen-bond acceptors (Lipinski definition) is 3. The summed E-state index contributed by atoms with van der Waals surface area (Å²) in [5.74, 6) is 3.71. The Morgan fingerprint density at radius 1 is 1.26 bits per heavy atom. The highest BCUT2D eigenvalue weighted by molar-refractivity contribution is 9.10. The summed E-state index contributed by atoms with van der Waals surface area (Å²) in [6.07, 6.45) is 7.06. The van der Waals surface area contributed by atoms with Crippen LogP contribution in [0.15, 0.2) is 45.9 Å². The predicted octanol–water partition coefficient (Wildman–Crippen LogP) is 4.92. The van der Waals surface area contributed by atoms with E-state index in [0.717, 1.165) is 21.3 Å². The van der Waals surface area contributed by atoms with Crippen LogP contribution in [-0.2, 0) is 0 Å². The molecule has 0 fully saturated rings. The maximum Gasteiger partial charge on any atom is 0.176 e. The maximum atomic E-state index is 5.65. The number of aliphatic imine (C=N–C) groups is 1. The smallest absolute Gasteiger partial charge is 0.176 e. The van der Waals surface area contributed by atoms with Gasteiger partial charge in [0.25, 0.3) is 0 Å². The zero-order valence-electron chi connectivity index (χ0n) is 13.2. The van der Waals surface area contributed by atoms with Crippen LogP contribution in [0, 0.1) is 19.3 Å². The second-order valence-corrected chi connectivity index (χ2v) is 5.65. The molecule has 0 amide bonds. The lowest BCUT2D eigenvalue weighted by Gasteiger charge is -2.13. The molecule has 0 bridgehead atoms. The average molecular weight is 372 g/mol. The van der Waals surface area contributed by atoms with Crippen molar-refractivity contribution in [3.05, 3.63) is 52.0 Å². The highest BCUT2D eigenvalue weighted by Crippen LogP contribution is 2.36. The molecular formula is C19H18BrNO2. The Bertz CT molecular complexity index is 748. The van der Waals surface area contributed by atoms with Crippen LogP contribution in [0.5, 0.6) is 11.5 Å². The van der Waals surface area contributed by atoms with Gasteiger partial charge in [0.15, 0.2) is 11.5 Å². The first-order valence-electron chi connectivity index (χ1n) is 7.28. The van der Waals surface area contributed by atoms with Crippen LogP contribution in [0.4, 0.5) is 5.69 Å². The lowest BCUT2D eigenvalue weighted by Crippen LogP contribution is -2.01. The highest BCUT2D eigenvalue weighted by Gasteiger charge is 2.11. The van der Waals surface area contributed by atoms with Crippen LogP contribution in [0.25, 0.3) is 0 Å². The second-order valence-electron chi connectivity index (χ2n) is 4.80. The molecule has 0 saturated heterocycles. The first-order valence-corrected chi connectivity index (χ1v) is 8.07. The molecule has 0 aliphatic carbocycles. The number of hydrogen-bond donors (Lipinski definition) is 0. The summed E-state index contributed by atoms with van der Waals surface area (Å²) >= 11 is 3.50. The van der Waals surface area contributed by atoms with Gasteiger partial charge >= 0.3 is 0 Å². The fourth-order valence-electron chi connectivity index (χ4n) is 2.03. The van der Waals surface area contributed by atoms with Crippen molar-refractivity contribution in [2.75, 3.05) is 13.2 Å². The standard InChI is InChI=1S/C19H18BrNO2/c1-4-10-23-19-16(20)11-15(12-18(19)22-5-2)13-21-17-9-7-6-8-14(17)3/h1,6-9,11-13H,5,10H2,2-3H3. The lowest BCUT2D eigenvalue weighted by atomic mass is 10.2. The van der Waals surface area contributed by atoms with Crippen molar-refractivity contribution >= 4 is 27.8 Å². The van der Waals surface area contributed by atoms with Gasteiger partial charge in [0.2, 0.25) is 0 Å². The van der Waals surface area contributed by atoms with E-state index in [2.05, 4.69) is 26.8 Å². The zero-order valence-corrected chi connectivity index (χ0v) is 14.8. The molecule has 0 saturated carbocycles. The molecule has 3 nitrogen and oxygen atoms in total. The first-order chi connectivity index (χ1) is 11.2. The number of terminal acetylenes is 1. The van der Waals surface area contributed by atoms with E-state index < -0.39 is 0 Å². The van der Waals surface area contributed by atoms with Crippen LogP contribution in [0.3, 0.4) is 0 Å². The van der Waals surface area contributed by atoms with E-state index in [1.54, 1.807) is 6.21 Å². The Labute approximate surface area is 145 Å². The molecule has 0 unspecified atom stereocenters. The Morgan fingerprint density at radius 3 is 2.74 bits per heavy atom. The van der Waals surface area contributed by atoms with Gasteiger partial charge in [-0.05, 0) is 59.1 Å². The first kappa shape index (κ1) is 17.1. The number of ether oxygens (including phenoxy) is 2. The fourth-order valence-corrected chi connectivity index (χ4v) is 2.61. The van der Waals surface area contributed by atoms with Crippen molar-refractivity contribution in [2.24, 2.45) is 4.99 Å². The van der Waals surface area contributed by atoms with Crippen molar-refractivity contribution in [2.45, 2.75) is 13.8 Å². The molecular weight excluding hydrogens is 354 g/mol. The van der Waals surface area contributed by atoms with Crippen molar-refractivity contribution in [3.8, 4) is 23.8 Å². The quantitative estimate of drug-likeness (QED) is 0.532. The molecule has 0 heterocycles. The summed E-state index contributed by atoms with van der Waals surface area (Å²) in [7, 11) is 0. The molecule has 0 N–H and O–H groups in total. The normalized spacial score (nSPS) is 10.5. The van der Waals surface area contributed by atoms with Crippen molar-refractivity contribution in [1.82, 2.24) is 0 Å². The summed E-state index contributed by atoms with van der Waals surface area (Å²) < 4.78 is 12.0. The van der Waals surface area contributed by atoms with E-state index in [1.165, 1.54) is 0 Å². The number of halogens is 1. The molecule has 23 heavy (non-hydrogen) atoms. The number of rotatable bonds is 6. The number of para-hydroxylation sites is 1.